The molecule has 0 bridgehead atoms. The van der Waals surface area contributed by atoms with Crippen LogP contribution >= 0.6 is 0 Å². The summed E-state index contributed by atoms with van der Waals surface area (Å²) in [4.78, 5) is 20.7. The van der Waals surface area contributed by atoms with Gasteiger partial charge in [0.15, 0.2) is 13.2 Å². The Morgan fingerprint density at radius 3 is 2.55 bits per heavy atom. The van der Waals surface area contributed by atoms with E-state index >= 15 is 0 Å². The molecule has 0 fully saturated rings. The van der Waals surface area contributed by atoms with Crippen molar-refractivity contribution < 1.29 is 19.1 Å². The number of hydrogen-bond donors (Lipinski definition) is 0. The number of hydrogen-bond acceptors (Lipinski definition) is 4. The van der Waals surface area contributed by atoms with Gasteiger partial charge in [0, 0.05) is 6.92 Å². The molecular weight excluding hydrogens is 148 g/mol. The van der Waals surface area contributed by atoms with Crippen LogP contribution in [0.1, 0.15) is 6.92 Å². The standard InChI is InChI=1S/C7H8O4/c1-3-4-10-7(9)5-11-6(2)8/h1H,4-5H2,2H3. The lowest BCUT2D eigenvalue weighted by Gasteiger charge is -1.99. The molecule has 4 heteroatoms. The number of carbonyl (C=O) groups is 2. The molecular formula is C7H8O4. The zero-order valence-electron chi connectivity index (χ0n) is 6.12. The van der Waals surface area contributed by atoms with E-state index in [0.29, 0.717) is 0 Å². The first-order valence-electron chi connectivity index (χ1n) is 2.89. The van der Waals surface area contributed by atoms with Crippen LogP contribution in [0.5, 0.6) is 0 Å². The van der Waals surface area contributed by atoms with Crippen LogP contribution in [0, 0.1) is 12.3 Å². The van der Waals surface area contributed by atoms with Gasteiger partial charge in [-0.15, -0.1) is 6.42 Å². The Labute approximate surface area is 64.5 Å². The number of rotatable bonds is 3. The number of esters is 2. The molecule has 0 saturated carbocycles. The average molecular weight is 156 g/mol. The van der Waals surface area contributed by atoms with Crippen molar-refractivity contribution in [3.63, 3.8) is 0 Å². The summed E-state index contributed by atoms with van der Waals surface area (Å²) in [6.07, 6.45) is 4.80. The highest BCUT2D eigenvalue weighted by atomic mass is 16.6. The van der Waals surface area contributed by atoms with Crippen molar-refractivity contribution in [3.05, 3.63) is 0 Å². The summed E-state index contributed by atoms with van der Waals surface area (Å²) >= 11 is 0. The molecule has 0 aliphatic carbocycles. The first-order valence-corrected chi connectivity index (χ1v) is 2.89. The number of ether oxygens (including phenoxy) is 2. The summed E-state index contributed by atoms with van der Waals surface area (Å²) in [6, 6.07) is 0. The highest BCUT2D eigenvalue weighted by molar-refractivity contribution is 5.75. The Morgan fingerprint density at radius 1 is 1.45 bits per heavy atom. The quantitative estimate of drug-likeness (QED) is 0.416. The summed E-state index contributed by atoms with van der Waals surface area (Å²) in [5, 5.41) is 0. The predicted octanol–water partition coefficient (Wildman–Crippen LogP) is -0.274. The maximum atomic E-state index is 10.5. The van der Waals surface area contributed by atoms with Gasteiger partial charge >= 0.3 is 11.9 Å². The molecule has 11 heavy (non-hydrogen) atoms. The minimum atomic E-state index is -0.641. The van der Waals surface area contributed by atoms with Gasteiger partial charge in [-0.3, -0.25) is 4.79 Å². The molecule has 0 rings (SSSR count). The van der Waals surface area contributed by atoms with Crippen LogP contribution in [0.3, 0.4) is 0 Å². The van der Waals surface area contributed by atoms with Crippen LogP contribution in [0.15, 0.2) is 0 Å². The molecule has 0 aliphatic rings. The van der Waals surface area contributed by atoms with Crippen LogP contribution in [-0.2, 0) is 19.1 Å². The molecule has 0 unspecified atom stereocenters. The maximum absolute atomic E-state index is 10.5. The zero-order chi connectivity index (χ0) is 8.69. The zero-order valence-corrected chi connectivity index (χ0v) is 6.12. The summed E-state index contributed by atoms with van der Waals surface area (Å²) in [6.45, 7) is 0.728. The van der Waals surface area contributed by atoms with E-state index in [2.05, 4.69) is 15.4 Å². The maximum Gasteiger partial charge on any atom is 0.345 e. The van der Waals surface area contributed by atoms with Gasteiger partial charge in [0.25, 0.3) is 0 Å². The first kappa shape index (κ1) is 9.50. The highest BCUT2D eigenvalue weighted by Gasteiger charge is 2.02. The molecule has 0 aromatic carbocycles. The van der Waals surface area contributed by atoms with E-state index in [1.54, 1.807) is 0 Å². The lowest BCUT2D eigenvalue weighted by atomic mass is 10.7. The number of carbonyl (C=O) groups excluding carboxylic acids is 2. The molecule has 0 atom stereocenters. The van der Waals surface area contributed by atoms with Crippen LogP contribution in [0.25, 0.3) is 0 Å². The smallest absolute Gasteiger partial charge is 0.345 e. The molecule has 60 valence electrons. The average Bonchev–Trinajstić information content (AvgIpc) is 1.97. The van der Waals surface area contributed by atoms with Crippen molar-refractivity contribution in [2.24, 2.45) is 0 Å². The van der Waals surface area contributed by atoms with Gasteiger partial charge in [-0.2, -0.15) is 0 Å². The van der Waals surface area contributed by atoms with Gasteiger partial charge in [0.2, 0.25) is 0 Å². The van der Waals surface area contributed by atoms with E-state index in [0.717, 1.165) is 0 Å². The fraction of sp³-hybridized carbons (Fsp3) is 0.429. The molecule has 0 spiro atoms. The minimum Gasteiger partial charge on any atom is -0.454 e. The SMILES string of the molecule is C#CCOC(=O)COC(C)=O. The van der Waals surface area contributed by atoms with Crippen LogP contribution in [0.2, 0.25) is 0 Å². The van der Waals surface area contributed by atoms with E-state index in [1.165, 1.54) is 6.92 Å². The third-order valence-corrected chi connectivity index (χ3v) is 0.710. The summed E-state index contributed by atoms with van der Waals surface area (Å²) in [7, 11) is 0. The molecule has 0 radical (unpaired) electrons. The lowest BCUT2D eigenvalue weighted by molar-refractivity contribution is -0.156. The molecule has 0 aromatic rings. The van der Waals surface area contributed by atoms with E-state index in [9.17, 15) is 9.59 Å². The van der Waals surface area contributed by atoms with Crippen LogP contribution < -0.4 is 0 Å². The van der Waals surface area contributed by atoms with Crippen molar-refractivity contribution in [2.75, 3.05) is 13.2 Å². The molecule has 0 heterocycles. The van der Waals surface area contributed by atoms with Crippen molar-refractivity contribution >= 4 is 11.9 Å². The monoisotopic (exact) mass is 156 g/mol. The molecule has 0 aliphatic heterocycles. The number of terminal acetylenes is 1. The van der Waals surface area contributed by atoms with Gasteiger partial charge in [-0.05, 0) is 0 Å². The van der Waals surface area contributed by atoms with Crippen LogP contribution in [-0.4, -0.2) is 25.2 Å². The molecule has 0 N–H and O–H groups in total. The van der Waals surface area contributed by atoms with Gasteiger partial charge in [-0.25, -0.2) is 4.79 Å². The fourth-order valence-corrected chi connectivity index (χ4v) is 0.324. The third kappa shape index (κ3) is 6.38. The van der Waals surface area contributed by atoms with Gasteiger partial charge in [-0.1, -0.05) is 5.92 Å². The van der Waals surface area contributed by atoms with E-state index in [-0.39, 0.29) is 13.2 Å². The van der Waals surface area contributed by atoms with E-state index in [1.807, 2.05) is 0 Å². The van der Waals surface area contributed by atoms with Gasteiger partial charge in [0.05, 0.1) is 0 Å². The topological polar surface area (TPSA) is 52.6 Å². The Morgan fingerprint density at radius 2 is 2.09 bits per heavy atom. The first-order chi connectivity index (χ1) is 5.16. The molecule has 0 aromatic heterocycles. The Hall–Kier alpha value is -1.50. The van der Waals surface area contributed by atoms with Crippen molar-refractivity contribution in [3.8, 4) is 12.3 Å². The molecule has 4 nitrogen and oxygen atoms in total. The van der Waals surface area contributed by atoms with Crippen molar-refractivity contribution in [1.29, 1.82) is 0 Å². The molecule has 0 saturated heterocycles. The van der Waals surface area contributed by atoms with Crippen LogP contribution in [0.4, 0.5) is 0 Å². The van der Waals surface area contributed by atoms with E-state index in [4.69, 9.17) is 6.42 Å². The summed E-state index contributed by atoms with van der Waals surface area (Å²) in [5.74, 6) is 0.937. The predicted molar refractivity (Wildman–Crippen MR) is 36.4 cm³/mol. The van der Waals surface area contributed by atoms with Crippen molar-refractivity contribution in [1.82, 2.24) is 0 Å². The normalized spacial score (nSPS) is 8.00. The Balaban J connectivity index is 3.39. The fourth-order valence-electron chi connectivity index (χ4n) is 0.324. The second-order valence-electron chi connectivity index (χ2n) is 1.65. The second kappa shape index (κ2) is 5.30. The molecule has 0 amide bonds. The largest absolute Gasteiger partial charge is 0.454 e. The van der Waals surface area contributed by atoms with E-state index < -0.39 is 11.9 Å². The lowest BCUT2D eigenvalue weighted by Crippen LogP contribution is -2.14. The van der Waals surface area contributed by atoms with Crippen molar-refractivity contribution in [2.45, 2.75) is 6.92 Å². The van der Waals surface area contributed by atoms with Gasteiger partial charge < -0.3 is 9.47 Å². The summed E-state index contributed by atoms with van der Waals surface area (Å²) < 4.78 is 8.71. The Kier molecular flexibility index (Phi) is 4.58. The minimum absolute atomic E-state index is 0.0971. The Bertz CT molecular complexity index is 189. The third-order valence-electron chi connectivity index (χ3n) is 0.710. The summed E-state index contributed by atoms with van der Waals surface area (Å²) in [5.41, 5.74) is 0. The highest BCUT2D eigenvalue weighted by Crippen LogP contribution is 1.81. The van der Waals surface area contributed by atoms with Gasteiger partial charge in [0.1, 0.15) is 0 Å². The second-order valence-corrected chi connectivity index (χ2v) is 1.65.